The van der Waals surface area contributed by atoms with Crippen LogP contribution in [0, 0.1) is 0 Å². The number of fused-ring (bicyclic) bond motifs is 1. The van der Waals surface area contributed by atoms with E-state index < -0.39 is 0 Å². The van der Waals surface area contributed by atoms with Crippen LogP contribution in [-0.2, 0) is 0 Å². The van der Waals surface area contributed by atoms with Crippen LogP contribution in [0.2, 0.25) is 0 Å². The molecule has 172 valence electrons. The van der Waals surface area contributed by atoms with Crippen LogP contribution in [0.1, 0.15) is 20.7 Å². The fraction of sp³-hybridized carbons (Fsp3) is 0.143. The lowest BCUT2D eigenvalue weighted by Gasteiger charge is -2.18. The van der Waals surface area contributed by atoms with Crippen molar-refractivity contribution in [3.05, 3.63) is 71.8 Å². The molecule has 0 N–H and O–H groups in total. The van der Waals surface area contributed by atoms with Crippen LogP contribution < -0.4 is 18.9 Å². The van der Waals surface area contributed by atoms with E-state index in [2.05, 4.69) is 0 Å². The Kier molecular flexibility index (Phi) is 6.50. The van der Waals surface area contributed by atoms with Crippen molar-refractivity contribution in [1.82, 2.24) is 0 Å². The second-order valence-corrected chi connectivity index (χ2v) is 7.47. The molecule has 0 spiro atoms. The van der Waals surface area contributed by atoms with Crippen molar-refractivity contribution in [3.8, 4) is 45.3 Å². The van der Waals surface area contributed by atoms with Gasteiger partial charge in [-0.15, -0.1) is 0 Å². The monoisotopic (exact) mass is 456 g/mol. The van der Waals surface area contributed by atoms with E-state index in [1.165, 1.54) is 28.4 Å². The molecule has 0 radical (unpaired) electrons. The highest BCUT2D eigenvalue weighted by Gasteiger charge is 2.20. The molecule has 0 bridgehead atoms. The van der Waals surface area contributed by atoms with Crippen molar-refractivity contribution in [2.45, 2.75) is 0 Å². The smallest absolute Gasteiger partial charge is 0.171 e. The first-order valence-electron chi connectivity index (χ1n) is 10.6. The lowest BCUT2D eigenvalue weighted by molar-refractivity contribution is 0.111. The van der Waals surface area contributed by atoms with Crippen LogP contribution in [0.5, 0.6) is 23.0 Å². The number of hydrogen-bond donors (Lipinski definition) is 0. The summed E-state index contributed by atoms with van der Waals surface area (Å²) in [6.07, 6.45) is 1.55. The van der Waals surface area contributed by atoms with Gasteiger partial charge in [0.05, 0.1) is 39.6 Å². The molecule has 0 aliphatic heterocycles. The second kappa shape index (κ2) is 9.67. The molecule has 0 unspecified atom stereocenters. The van der Waals surface area contributed by atoms with Gasteiger partial charge in [-0.3, -0.25) is 9.59 Å². The topological polar surface area (TPSA) is 71.1 Å². The Morgan fingerprint density at radius 3 is 1.21 bits per heavy atom. The Morgan fingerprint density at radius 2 is 0.882 bits per heavy atom. The number of hydrogen-bond acceptors (Lipinski definition) is 6. The molecule has 0 atom stereocenters. The van der Waals surface area contributed by atoms with Crippen LogP contribution in [-0.4, -0.2) is 41.0 Å². The first-order chi connectivity index (χ1) is 16.6. The van der Waals surface area contributed by atoms with E-state index in [1.807, 2.05) is 48.5 Å². The van der Waals surface area contributed by atoms with E-state index in [0.29, 0.717) is 34.1 Å². The van der Waals surface area contributed by atoms with Gasteiger partial charge in [0.25, 0.3) is 0 Å². The summed E-state index contributed by atoms with van der Waals surface area (Å²) in [7, 11) is 6.08. The molecule has 0 saturated heterocycles. The van der Waals surface area contributed by atoms with Crippen molar-refractivity contribution in [1.29, 1.82) is 0 Å². The van der Waals surface area contributed by atoms with E-state index in [9.17, 15) is 9.59 Å². The Morgan fingerprint density at radius 1 is 0.500 bits per heavy atom. The summed E-state index contributed by atoms with van der Waals surface area (Å²) in [6, 6.07) is 19.0. The molecular weight excluding hydrogens is 432 g/mol. The number of benzene rings is 4. The lowest BCUT2D eigenvalue weighted by atomic mass is 9.88. The lowest BCUT2D eigenvalue weighted by Crippen LogP contribution is -1.99. The molecule has 6 heteroatoms. The summed E-state index contributed by atoms with van der Waals surface area (Å²) in [5, 5.41) is 1.84. The van der Waals surface area contributed by atoms with E-state index >= 15 is 0 Å². The highest BCUT2D eigenvalue weighted by Crippen LogP contribution is 2.43. The maximum atomic E-state index is 12.1. The predicted molar refractivity (Wildman–Crippen MR) is 132 cm³/mol. The second-order valence-electron chi connectivity index (χ2n) is 7.47. The van der Waals surface area contributed by atoms with Gasteiger partial charge in [0, 0.05) is 0 Å². The van der Waals surface area contributed by atoms with Crippen LogP contribution >= 0.6 is 0 Å². The van der Waals surface area contributed by atoms with Gasteiger partial charge in [-0.05, 0) is 57.3 Å². The number of ether oxygens (including phenoxy) is 4. The zero-order chi connectivity index (χ0) is 24.2. The number of aldehydes is 2. The average Bonchev–Trinajstić information content (AvgIpc) is 2.90. The molecule has 0 fully saturated rings. The molecule has 4 rings (SSSR count). The Labute approximate surface area is 197 Å². The predicted octanol–water partition coefficient (Wildman–Crippen LogP) is 5.83. The maximum absolute atomic E-state index is 12.1. The number of methoxy groups -OCH3 is 4. The highest BCUT2D eigenvalue weighted by molar-refractivity contribution is 6.09. The third-order valence-corrected chi connectivity index (χ3v) is 5.91. The van der Waals surface area contributed by atoms with Crippen molar-refractivity contribution in [2.24, 2.45) is 0 Å². The fourth-order valence-electron chi connectivity index (χ4n) is 4.37. The molecule has 4 aromatic rings. The van der Waals surface area contributed by atoms with Crippen molar-refractivity contribution in [3.63, 3.8) is 0 Å². The van der Waals surface area contributed by atoms with Crippen LogP contribution in [0.25, 0.3) is 33.0 Å². The van der Waals surface area contributed by atoms with Crippen molar-refractivity contribution >= 4 is 23.3 Å². The molecule has 0 heterocycles. The normalized spacial score (nSPS) is 10.6. The largest absolute Gasteiger partial charge is 0.493 e. The number of carbonyl (C=O) groups is 2. The maximum Gasteiger partial charge on any atom is 0.171 e. The van der Waals surface area contributed by atoms with E-state index in [-0.39, 0.29) is 0 Å². The molecule has 0 amide bonds. The van der Waals surface area contributed by atoms with Gasteiger partial charge in [0.1, 0.15) is 0 Å². The number of carbonyl (C=O) groups excluding carboxylic acids is 2. The van der Waals surface area contributed by atoms with Gasteiger partial charge in [-0.2, -0.15) is 0 Å². The first-order valence-corrected chi connectivity index (χ1v) is 10.6. The zero-order valence-corrected chi connectivity index (χ0v) is 19.4. The molecule has 34 heavy (non-hydrogen) atoms. The van der Waals surface area contributed by atoms with Gasteiger partial charge < -0.3 is 18.9 Å². The molecule has 0 aliphatic carbocycles. The van der Waals surface area contributed by atoms with E-state index in [4.69, 9.17) is 18.9 Å². The van der Waals surface area contributed by atoms with Crippen LogP contribution in [0.15, 0.2) is 60.7 Å². The van der Waals surface area contributed by atoms with Crippen molar-refractivity contribution < 1.29 is 28.5 Å². The van der Waals surface area contributed by atoms with Gasteiger partial charge in [0.2, 0.25) is 0 Å². The minimum absolute atomic E-state index is 0.381. The summed E-state index contributed by atoms with van der Waals surface area (Å²) in [5.74, 6) is 1.73. The summed E-state index contributed by atoms with van der Waals surface area (Å²) in [4.78, 5) is 24.2. The van der Waals surface area contributed by atoms with E-state index in [0.717, 1.165) is 45.6 Å². The summed E-state index contributed by atoms with van der Waals surface area (Å²) < 4.78 is 21.7. The molecule has 0 aliphatic rings. The molecule has 0 aromatic heterocycles. The Hall–Kier alpha value is -4.32. The van der Waals surface area contributed by atoms with Gasteiger partial charge in [-0.25, -0.2) is 0 Å². The third-order valence-electron chi connectivity index (χ3n) is 5.91. The summed E-state index contributed by atoms with van der Waals surface area (Å²) in [6.45, 7) is 0. The quantitative estimate of drug-likeness (QED) is 0.311. The number of rotatable bonds is 8. The van der Waals surface area contributed by atoms with Crippen molar-refractivity contribution in [2.75, 3.05) is 28.4 Å². The zero-order valence-electron chi connectivity index (χ0n) is 19.4. The fourth-order valence-corrected chi connectivity index (χ4v) is 4.37. The molecule has 6 nitrogen and oxygen atoms in total. The molecule has 0 saturated carbocycles. The van der Waals surface area contributed by atoms with Gasteiger partial charge in [-0.1, -0.05) is 36.4 Å². The first kappa shape index (κ1) is 22.9. The summed E-state index contributed by atoms with van der Waals surface area (Å²) in [5.41, 5.74) is 3.96. The Balaban J connectivity index is 2.02. The third kappa shape index (κ3) is 3.63. The highest BCUT2D eigenvalue weighted by atomic mass is 16.5. The van der Waals surface area contributed by atoms with Gasteiger partial charge >= 0.3 is 0 Å². The minimum atomic E-state index is 0.381. The SMILES string of the molecule is COc1ccc(-c2ccc(-c3ccc(OC)c(OC)c3C=O)c3ccccc23)c(C=O)c1OC. The van der Waals surface area contributed by atoms with E-state index in [1.54, 1.807) is 12.1 Å². The van der Waals surface area contributed by atoms with Crippen LogP contribution in [0.3, 0.4) is 0 Å². The molecule has 4 aromatic carbocycles. The molecular formula is C28H24O6. The van der Waals surface area contributed by atoms with Gasteiger partial charge in [0.15, 0.2) is 35.6 Å². The standard InChI is InChI=1S/C28H24O6/c1-31-25-13-11-21(23(15-29)27(25)33-3)19-9-10-20(18-8-6-5-7-17(18)19)22-12-14-26(32-2)28(34-4)24(22)16-30/h5-16H,1-4H3. The minimum Gasteiger partial charge on any atom is -0.493 e. The Bertz CT molecular complexity index is 1280. The average molecular weight is 456 g/mol. The summed E-state index contributed by atoms with van der Waals surface area (Å²) >= 11 is 0. The van der Waals surface area contributed by atoms with Crippen LogP contribution in [0.4, 0.5) is 0 Å².